The molecule has 4 nitrogen and oxygen atoms in total. The number of carbonyl (C=O) groups is 1. The number of hydrogen-bond acceptors (Lipinski definition) is 3. The number of hydrogen-bond donors (Lipinski definition) is 2. The van der Waals surface area contributed by atoms with E-state index in [-0.39, 0.29) is 0 Å². The summed E-state index contributed by atoms with van der Waals surface area (Å²) < 4.78 is 5.71. The molecule has 0 saturated carbocycles. The summed E-state index contributed by atoms with van der Waals surface area (Å²) in [5.74, 6) is -0.467. The number of carboxylic acid groups (broad SMARTS) is 1. The van der Waals surface area contributed by atoms with Crippen LogP contribution in [0, 0.1) is 6.92 Å². The van der Waals surface area contributed by atoms with Crippen molar-refractivity contribution in [3.8, 4) is 5.75 Å². The lowest BCUT2D eigenvalue weighted by Gasteiger charge is -2.20. The van der Waals surface area contributed by atoms with Crippen molar-refractivity contribution in [2.24, 2.45) is 5.73 Å². The molecular weight excluding hydrogens is 266 g/mol. The highest BCUT2D eigenvalue weighted by molar-refractivity contribution is 5.80. The molecule has 0 aliphatic heterocycles. The lowest BCUT2D eigenvalue weighted by atomic mass is 9.93. The summed E-state index contributed by atoms with van der Waals surface area (Å²) in [7, 11) is 0. The first kappa shape index (κ1) is 15.1. The molecule has 0 bridgehead atoms. The minimum absolute atomic E-state index is 0.430. The summed E-state index contributed by atoms with van der Waals surface area (Å²) in [6, 6.07) is 14.9. The SMILES string of the molecule is Cc1cccc(COc2cccc(C(C)(N)C(=O)O)c2)c1. The molecule has 1 unspecified atom stereocenters. The van der Waals surface area contributed by atoms with Gasteiger partial charge in [0.15, 0.2) is 0 Å². The van der Waals surface area contributed by atoms with E-state index in [0.717, 1.165) is 5.56 Å². The van der Waals surface area contributed by atoms with Crippen molar-refractivity contribution in [1.29, 1.82) is 0 Å². The highest BCUT2D eigenvalue weighted by Gasteiger charge is 2.30. The zero-order chi connectivity index (χ0) is 15.5. The molecule has 0 heterocycles. The van der Waals surface area contributed by atoms with Gasteiger partial charge in [0.2, 0.25) is 0 Å². The highest BCUT2D eigenvalue weighted by Crippen LogP contribution is 2.23. The van der Waals surface area contributed by atoms with Gasteiger partial charge < -0.3 is 15.6 Å². The Morgan fingerprint density at radius 3 is 2.62 bits per heavy atom. The van der Waals surface area contributed by atoms with Gasteiger partial charge in [-0.15, -0.1) is 0 Å². The van der Waals surface area contributed by atoms with Crippen LogP contribution in [0.1, 0.15) is 23.6 Å². The van der Waals surface area contributed by atoms with Gasteiger partial charge >= 0.3 is 5.97 Å². The Hall–Kier alpha value is -2.33. The average Bonchev–Trinajstić information content (AvgIpc) is 2.45. The third kappa shape index (κ3) is 3.61. The van der Waals surface area contributed by atoms with Crippen LogP contribution in [0.2, 0.25) is 0 Å². The maximum atomic E-state index is 11.2. The number of benzene rings is 2. The van der Waals surface area contributed by atoms with Gasteiger partial charge in [-0.05, 0) is 37.1 Å². The van der Waals surface area contributed by atoms with Crippen LogP contribution in [0.5, 0.6) is 5.75 Å². The maximum absolute atomic E-state index is 11.2. The molecule has 2 aromatic carbocycles. The smallest absolute Gasteiger partial charge is 0.328 e. The van der Waals surface area contributed by atoms with E-state index in [1.165, 1.54) is 12.5 Å². The Labute approximate surface area is 124 Å². The zero-order valence-corrected chi connectivity index (χ0v) is 12.2. The quantitative estimate of drug-likeness (QED) is 0.886. The maximum Gasteiger partial charge on any atom is 0.328 e. The van der Waals surface area contributed by atoms with E-state index < -0.39 is 11.5 Å². The van der Waals surface area contributed by atoms with Crippen LogP contribution in [-0.4, -0.2) is 11.1 Å². The number of aryl methyl sites for hydroxylation is 1. The van der Waals surface area contributed by atoms with Crippen molar-refractivity contribution in [3.63, 3.8) is 0 Å². The van der Waals surface area contributed by atoms with Gasteiger partial charge in [0.25, 0.3) is 0 Å². The molecule has 2 rings (SSSR count). The average molecular weight is 285 g/mol. The Bertz CT molecular complexity index is 650. The van der Waals surface area contributed by atoms with Crippen molar-refractivity contribution in [1.82, 2.24) is 0 Å². The fourth-order valence-corrected chi connectivity index (χ4v) is 2.00. The van der Waals surface area contributed by atoms with E-state index >= 15 is 0 Å². The fraction of sp³-hybridized carbons (Fsp3) is 0.235. The second-order valence-corrected chi connectivity index (χ2v) is 5.31. The van der Waals surface area contributed by atoms with Crippen molar-refractivity contribution in [2.45, 2.75) is 26.0 Å². The summed E-state index contributed by atoms with van der Waals surface area (Å²) in [5, 5.41) is 9.16. The second-order valence-electron chi connectivity index (χ2n) is 5.31. The molecule has 0 spiro atoms. The predicted octanol–water partition coefficient (Wildman–Crippen LogP) is 2.83. The van der Waals surface area contributed by atoms with Crippen LogP contribution in [0.3, 0.4) is 0 Å². The van der Waals surface area contributed by atoms with Gasteiger partial charge in [0.1, 0.15) is 17.9 Å². The molecule has 4 heteroatoms. The minimum atomic E-state index is -1.43. The Morgan fingerprint density at radius 2 is 1.95 bits per heavy atom. The molecule has 0 amide bonds. The topological polar surface area (TPSA) is 72.5 Å². The highest BCUT2D eigenvalue weighted by atomic mass is 16.5. The Kier molecular flexibility index (Phi) is 4.29. The normalized spacial score (nSPS) is 13.5. The lowest BCUT2D eigenvalue weighted by molar-refractivity contribution is -0.143. The van der Waals surface area contributed by atoms with Gasteiger partial charge in [-0.3, -0.25) is 0 Å². The molecule has 3 N–H and O–H groups in total. The van der Waals surface area contributed by atoms with Gasteiger partial charge in [-0.2, -0.15) is 0 Å². The van der Waals surface area contributed by atoms with Crippen molar-refractivity contribution in [2.75, 3.05) is 0 Å². The molecule has 0 aliphatic rings. The van der Waals surface area contributed by atoms with E-state index in [4.69, 9.17) is 15.6 Å². The lowest BCUT2D eigenvalue weighted by Crippen LogP contribution is -2.41. The molecule has 2 aromatic rings. The van der Waals surface area contributed by atoms with Crippen LogP contribution in [0.15, 0.2) is 48.5 Å². The van der Waals surface area contributed by atoms with Crippen LogP contribution in [-0.2, 0) is 16.9 Å². The molecule has 0 aromatic heterocycles. The number of aliphatic carboxylic acids is 1. The monoisotopic (exact) mass is 285 g/mol. The molecule has 0 aliphatic carbocycles. The predicted molar refractivity (Wildman–Crippen MR) is 81.1 cm³/mol. The third-order valence-corrected chi connectivity index (χ3v) is 3.37. The van der Waals surface area contributed by atoms with Crippen LogP contribution in [0.4, 0.5) is 0 Å². The molecule has 0 saturated heterocycles. The second kappa shape index (κ2) is 5.97. The Balaban J connectivity index is 2.13. The van der Waals surface area contributed by atoms with E-state index in [2.05, 4.69) is 0 Å². The number of nitrogens with two attached hydrogens (primary N) is 1. The summed E-state index contributed by atoms with van der Waals surface area (Å²) >= 11 is 0. The van der Waals surface area contributed by atoms with Gasteiger partial charge in [-0.25, -0.2) is 4.79 Å². The number of rotatable bonds is 5. The zero-order valence-electron chi connectivity index (χ0n) is 12.2. The summed E-state index contributed by atoms with van der Waals surface area (Å²) in [5.41, 5.74) is 7.14. The van der Waals surface area contributed by atoms with E-state index in [1.807, 2.05) is 31.2 Å². The standard InChI is InChI=1S/C17H19NO3/c1-12-5-3-6-13(9-12)11-21-15-8-4-7-14(10-15)17(2,18)16(19)20/h3-10H,11,18H2,1-2H3,(H,19,20). The first-order chi connectivity index (χ1) is 9.89. The van der Waals surface area contributed by atoms with Gasteiger partial charge in [0, 0.05) is 0 Å². The van der Waals surface area contributed by atoms with Crippen LogP contribution >= 0.6 is 0 Å². The van der Waals surface area contributed by atoms with Gasteiger partial charge in [0.05, 0.1) is 0 Å². The molecule has 1 atom stereocenters. The minimum Gasteiger partial charge on any atom is -0.489 e. The number of carboxylic acids is 1. The first-order valence-electron chi connectivity index (χ1n) is 6.71. The van der Waals surface area contributed by atoms with Crippen LogP contribution in [0.25, 0.3) is 0 Å². The Morgan fingerprint density at radius 1 is 1.24 bits per heavy atom. The largest absolute Gasteiger partial charge is 0.489 e. The molecule has 110 valence electrons. The summed E-state index contributed by atoms with van der Waals surface area (Å²) in [6.07, 6.45) is 0. The first-order valence-corrected chi connectivity index (χ1v) is 6.71. The van der Waals surface area contributed by atoms with E-state index in [1.54, 1.807) is 24.3 Å². The van der Waals surface area contributed by atoms with Gasteiger partial charge in [-0.1, -0.05) is 42.0 Å². The van der Waals surface area contributed by atoms with E-state index in [9.17, 15) is 4.79 Å². The summed E-state index contributed by atoms with van der Waals surface area (Å²) in [6.45, 7) is 3.92. The third-order valence-electron chi connectivity index (χ3n) is 3.37. The molecule has 0 fully saturated rings. The fourth-order valence-electron chi connectivity index (χ4n) is 2.00. The molecular formula is C17H19NO3. The molecule has 21 heavy (non-hydrogen) atoms. The summed E-state index contributed by atoms with van der Waals surface area (Å²) in [4.78, 5) is 11.2. The molecule has 0 radical (unpaired) electrons. The number of ether oxygens (including phenoxy) is 1. The van der Waals surface area contributed by atoms with Crippen molar-refractivity contribution < 1.29 is 14.6 Å². The van der Waals surface area contributed by atoms with Crippen molar-refractivity contribution in [3.05, 3.63) is 65.2 Å². The van der Waals surface area contributed by atoms with E-state index in [0.29, 0.717) is 17.9 Å². The van der Waals surface area contributed by atoms with Crippen LogP contribution < -0.4 is 10.5 Å². The van der Waals surface area contributed by atoms with Crippen molar-refractivity contribution >= 4 is 5.97 Å².